The van der Waals surface area contributed by atoms with Crippen LogP contribution in [-0.4, -0.2) is 34.5 Å². The number of carboxylic acid groups (broad SMARTS) is 1. The lowest BCUT2D eigenvalue weighted by atomic mass is 10.1. The maximum absolute atomic E-state index is 13.8. The number of halogens is 3. The van der Waals surface area contributed by atoms with Gasteiger partial charge in [0.2, 0.25) is 0 Å². The van der Waals surface area contributed by atoms with Crippen molar-refractivity contribution in [3.05, 3.63) is 34.4 Å². The second kappa shape index (κ2) is 6.39. The molecule has 0 radical (unpaired) electrons. The Labute approximate surface area is 125 Å². The summed E-state index contributed by atoms with van der Waals surface area (Å²) >= 11 is 5.45. The lowest BCUT2D eigenvalue weighted by Gasteiger charge is -2.27. The van der Waals surface area contributed by atoms with Crippen LogP contribution in [0.2, 0.25) is 5.02 Å². The fraction of sp³-hybridized carbons (Fsp3) is 0.429. The minimum atomic E-state index is -1.14. The van der Waals surface area contributed by atoms with Gasteiger partial charge in [0.1, 0.15) is 17.7 Å². The SMILES string of the molecule is O=C(O)C1CCCCCN1C(=O)c1cc(F)c(Cl)cc1F. The Morgan fingerprint density at radius 3 is 2.57 bits per heavy atom. The van der Waals surface area contributed by atoms with E-state index in [1.165, 1.54) is 0 Å². The van der Waals surface area contributed by atoms with Crippen molar-refractivity contribution in [1.29, 1.82) is 0 Å². The maximum Gasteiger partial charge on any atom is 0.326 e. The number of aliphatic carboxylic acids is 1. The predicted molar refractivity (Wildman–Crippen MR) is 72.3 cm³/mol. The molecular weight excluding hydrogens is 304 g/mol. The molecule has 1 unspecified atom stereocenters. The second-order valence-corrected chi connectivity index (χ2v) is 5.36. The van der Waals surface area contributed by atoms with Gasteiger partial charge in [0.25, 0.3) is 5.91 Å². The number of nitrogens with zero attached hydrogens (tertiary/aromatic N) is 1. The quantitative estimate of drug-likeness (QED) is 0.853. The molecule has 0 aliphatic carbocycles. The van der Waals surface area contributed by atoms with Crippen LogP contribution in [0.4, 0.5) is 8.78 Å². The van der Waals surface area contributed by atoms with Crippen LogP contribution in [0.25, 0.3) is 0 Å². The van der Waals surface area contributed by atoms with Gasteiger partial charge in [-0.2, -0.15) is 0 Å². The second-order valence-electron chi connectivity index (χ2n) is 4.95. The van der Waals surface area contributed by atoms with E-state index in [0.717, 1.165) is 17.4 Å². The van der Waals surface area contributed by atoms with Crippen LogP contribution in [0.1, 0.15) is 36.0 Å². The fourth-order valence-electron chi connectivity index (χ4n) is 2.45. The van der Waals surface area contributed by atoms with Gasteiger partial charge in [-0.25, -0.2) is 13.6 Å². The van der Waals surface area contributed by atoms with Crippen LogP contribution in [-0.2, 0) is 4.79 Å². The average molecular weight is 318 g/mol. The lowest BCUT2D eigenvalue weighted by molar-refractivity contribution is -0.142. The molecule has 0 aromatic heterocycles. The summed E-state index contributed by atoms with van der Waals surface area (Å²) in [5.41, 5.74) is -0.495. The Bertz CT molecular complexity index is 580. The highest BCUT2D eigenvalue weighted by Gasteiger charge is 2.32. The molecule has 2 rings (SSSR count). The summed E-state index contributed by atoms with van der Waals surface area (Å²) in [6, 6.07) is 0.416. The molecule has 4 nitrogen and oxygen atoms in total. The first-order chi connectivity index (χ1) is 9.91. The molecule has 1 aliphatic heterocycles. The molecule has 1 atom stereocenters. The monoisotopic (exact) mass is 317 g/mol. The van der Waals surface area contributed by atoms with E-state index in [-0.39, 0.29) is 6.54 Å². The molecule has 114 valence electrons. The minimum Gasteiger partial charge on any atom is -0.480 e. The van der Waals surface area contributed by atoms with Gasteiger partial charge in [0.05, 0.1) is 10.6 Å². The third kappa shape index (κ3) is 3.32. The van der Waals surface area contributed by atoms with Gasteiger partial charge in [-0.15, -0.1) is 0 Å². The molecule has 0 bridgehead atoms. The molecule has 0 spiro atoms. The molecule has 7 heteroatoms. The number of benzene rings is 1. The zero-order valence-corrected chi connectivity index (χ0v) is 11.9. The molecule has 1 fully saturated rings. The van der Waals surface area contributed by atoms with E-state index in [2.05, 4.69) is 0 Å². The summed E-state index contributed by atoms with van der Waals surface area (Å²) in [7, 11) is 0. The minimum absolute atomic E-state index is 0.208. The summed E-state index contributed by atoms with van der Waals surface area (Å²) in [6.45, 7) is 0.208. The standard InChI is InChI=1S/C14H14ClF2NO3/c15-9-7-10(16)8(6-11(9)17)13(19)18-5-3-1-2-4-12(18)14(20)21/h6-7,12H,1-5H2,(H,20,21). The Hall–Kier alpha value is -1.69. The number of hydrogen-bond donors (Lipinski definition) is 1. The van der Waals surface area contributed by atoms with Crippen LogP contribution < -0.4 is 0 Å². The highest BCUT2D eigenvalue weighted by atomic mass is 35.5. The van der Waals surface area contributed by atoms with E-state index in [4.69, 9.17) is 11.6 Å². The van der Waals surface area contributed by atoms with Gasteiger partial charge in [-0.05, 0) is 25.0 Å². The van der Waals surface area contributed by atoms with E-state index >= 15 is 0 Å². The smallest absolute Gasteiger partial charge is 0.326 e. The normalized spacial score (nSPS) is 19.2. The van der Waals surface area contributed by atoms with Crippen molar-refractivity contribution in [3.63, 3.8) is 0 Å². The van der Waals surface area contributed by atoms with E-state index in [1.54, 1.807) is 0 Å². The number of rotatable bonds is 2. The molecule has 1 aromatic carbocycles. The number of carbonyl (C=O) groups is 2. The molecule has 1 aromatic rings. The molecule has 0 saturated carbocycles. The van der Waals surface area contributed by atoms with Crippen LogP contribution in [0.3, 0.4) is 0 Å². The average Bonchev–Trinajstić information content (AvgIpc) is 2.67. The van der Waals surface area contributed by atoms with E-state index < -0.39 is 40.1 Å². The zero-order valence-electron chi connectivity index (χ0n) is 11.1. The van der Waals surface area contributed by atoms with Gasteiger partial charge in [-0.3, -0.25) is 4.79 Å². The van der Waals surface area contributed by atoms with E-state index in [0.29, 0.717) is 25.3 Å². The molecule has 1 saturated heterocycles. The molecule has 1 N–H and O–H groups in total. The van der Waals surface area contributed by atoms with Gasteiger partial charge in [0, 0.05) is 6.54 Å². The summed E-state index contributed by atoms with van der Waals surface area (Å²) < 4.78 is 27.3. The number of carbonyl (C=O) groups excluding carboxylic acids is 1. The van der Waals surface area contributed by atoms with Crippen molar-refractivity contribution in [2.24, 2.45) is 0 Å². The zero-order chi connectivity index (χ0) is 15.6. The van der Waals surface area contributed by atoms with Crippen LogP contribution in [0.5, 0.6) is 0 Å². The number of carboxylic acids is 1. The third-order valence-electron chi connectivity index (χ3n) is 3.54. The van der Waals surface area contributed by atoms with Crippen molar-refractivity contribution >= 4 is 23.5 Å². The summed E-state index contributed by atoms with van der Waals surface area (Å²) in [5.74, 6) is -3.83. The first-order valence-corrected chi connectivity index (χ1v) is 6.98. The predicted octanol–water partition coefficient (Wildman–Crippen LogP) is 3.09. The van der Waals surface area contributed by atoms with Crippen molar-refractivity contribution < 1.29 is 23.5 Å². The maximum atomic E-state index is 13.8. The van der Waals surface area contributed by atoms with Gasteiger partial charge in [0.15, 0.2) is 0 Å². The van der Waals surface area contributed by atoms with Crippen LogP contribution in [0, 0.1) is 11.6 Å². The first kappa shape index (κ1) is 15.7. The van der Waals surface area contributed by atoms with Crippen molar-refractivity contribution in [3.8, 4) is 0 Å². The van der Waals surface area contributed by atoms with Crippen LogP contribution >= 0.6 is 11.6 Å². The first-order valence-electron chi connectivity index (χ1n) is 6.60. The summed E-state index contributed by atoms with van der Waals surface area (Å²) in [6.07, 6.45) is 2.41. The molecular formula is C14H14ClF2NO3. The number of likely N-dealkylation sites (tertiary alicyclic amines) is 1. The largest absolute Gasteiger partial charge is 0.480 e. The summed E-state index contributed by atoms with van der Waals surface area (Å²) in [4.78, 5) is 24.7. The Morgan fingerprint density at radius 1 is 1.19 bits per heavy atom. The number of hydrogen-bond acceptors (Lipinski definition) is 2. The molecule has 1 amide bonds. The van der Waals surface area contributed by atoms with Gasteiger partial charge >= 0.3 is 5.97 Å². The lowest BCUT2D eigenvalue weighted by Crippen LogP contribution is -2.45. The van der Waals surface area contributed by atoms with E-state index in [1.807, 2.05) is 0 Å². The molecule has 1 aliphatic rings. The Balaban J connectivity index is 2.36. The van der Waals surface area contributed by atoms with Crippen molar-refractivity contribution in [2.45, 2.75) is 31.7 Å². The Kier molecular flexibility index (Phi) is 4.77. The fourth-order valence-corrected chi connectivity index (χ4v) is 2.60. The highest BCUT2D eigenvalue weighted by Crippen LogP contribution is 2.24. The Morgan fingerprint density at radius 2 is 1.90 bits per heavy atom. The van der Waals surface area contributed by atoms with E-state index in [9.17, 15) is 23.5 Å². The van der Waals surface area contributed by atoms with Crippen molar-refractivity contribution in [1.82, 2.24) is 4.90 Å². The third-order valence-corrected chi connectivity index (χ3v) is 3.83. The van der Waals surface area contributed by atoms with Crippen LogP contribution in [0.15, 0.2) is 12.1 Å². The molecule has 21 heavy (non-hydrogen) atoms. The highest BCUT2D eigenvalue weighted by molar-refractivity contribution is 6.30. The summed E-state index contributed by atoms with van der Waals surface area (Å²) in [5, 5.41) is 8.79. The van der Waals surface area contributed by atoms with Crippen molar-refractivity contribution in [2.75, 3.05) is 6.54 Å². The van der Waals surface area contributed by atoms with Gasteiger partial charge < -0.3 is 10.0 Å². The number of amides is 1. The molecule has 1 heterocycles. The van der Waals surface area contributed by atoms with Gasteiger partial charge in [-0.1, -0.05) is 24.4 Å². The topological polar surface area (TPSA) is 57.6 Å².